The van der Waals surface area contributed by atoms with Crippen molar-refractivity contribution in [3.8, 4) is 0 Å². The van der Waals surface area contributed by atoms with Crippen LogP contribution in [0, 0.1) is 0 Å². The van der Waals surface area contributed by atoms with Gasteiger partial charge in [0.25, 0.3) is 5.56 Å². The monoisotopic (exact) mass is 225 g/mol. The number of methoxy groups -OCH3 is 1. The van der Waals surface area contributed by atoms with Gasteiger partial charge in [-0.05, 0) is 12.8 Å². The van der Waals surface area contributed by atoms with Crippen LogP contribution in [0.1, 0.15) is 43.8 Å². The molecule has 2 rings (SSSR count). The number of nitrogens with zero attached hydrogens (tertiary/aromatic N) is 1. The van der Waals surface area contributed by atoms with Crippen molar-refractivity contribution in [1.82, 2.24) is 9.78 Å². The second-order valence-corrected chi connectivity index (χ2v) is 4.40. The molecule has 1 aliphatic rings. The topological polar surface area (TPSA) is 73.0 Å². The van der Waals surface area contributed by atoms with Crippen molar-refractivity contribution >= 4 is 5.69 Å². The average Bonchev–Trinajstić information content (AvgIpc) is 2.59. The molecule has 0 spiro atoms. The summed E-state index contributed by atoms with van der Waals surface area (Å²) in [4.78, 5) is 11.9. The summed E-state index contributed by atoms with van der Waals surface area (Å²) in [6.45, 7) is 0.362. The highest BCUT2D eigenvalue weighted by molar-refractivity contribution is 5.40. The van der Waals surface area contributed by atoms with E-state index >= 15 is 0 Å². The SMILES string of the molecule is COCc1[nH]n(C2CCCCC2)c(=O)c1N. The summed E-state index contributed by atoms with van der Waals surface area (Å²) >= 11 is 0. The summed E-state index contributed by atoms with van der Waals surface area (Å²) in [5.41, 5.74) is 6.64. The highest BCUT2D eigenvalue weighted by Crippen LogP contribution is 2.27. The third kappa shape index (κ3) is 2.00. The van der Waals surface area contributed by atoms with Gasteiger partial charge in [0.15, 0.2) is 0 Å². The Bertz CT molecular complexity index is 402. The van der Waals surface area contributed by atoms with Gasteiger partial charge >= 0.3 is 0 Å². The molecule has 1 aromatic rings. The normalized spacial score (nSPS) is 17.8. The number of nitrogens with two attached hydrogens (primary N) is 1. The molecule has 0 radical (unpaired) electrons. The predicted octanol–water partition coefficient (Wildman–Crippen LogP) is 1.41. The standard InChI is InChI=1S/C11H19N3O2/c1-16-7-9-10(12)11(15)14(13-9)8-5-3-2-4-6-8/h8,13H,2-7,12H2,1H3. The Morgan fingerprint density at radius 3 is 2.75 bits per heavy atom. The van der Waals surface area contributed by atoms with E-state index in [4.69, 9.17) is 10.5 Å². The van der Waals surface area contributed by atoms with E-state index in [1.165, 1.54) is 19.3 Å². The number of aromatic amines is 1. The van der Waals surface area contributed by atoms with E-state index in [0.29, 0.717) is 18.0 Å². The van der Waals surface area contributed by atoms with Crippen LogP contribution in [0.2, 0.25) is 0 Å². The molecule has 0 saturated heterocycles. The van der Waals surface area contributed by atoms with Crippen molar-refractivity contribution < 1.29 is 4.74 Å². The Morgan fingerprint density at radius 2 is 2.12 bits per heavy atom. The molecule has 0 aliphatic heterocycles. The van der Waals surface area contributed by atoms with Crippen LogP contribution in [0.15, 0.2) is 4.79 Å². The Kier molecular flexibility index (Phi) is 3.33. The zero-order valence-corrected chi connectivity index (χ0v) is 9.66. The first-order valence-electron chi connectivity index (χ1n) is 5.82. The lowest BCUT2D eigenvalue weighted by Crippen LogP contribution is -2.25. The fraction of sp³-hybridized carbons (Fsp3) is 0.727. The highest BCUT2D eigenvalue weighted by atomic mass is 16.5. The van der Waals surface area contributed by atoms with Crippen molar-refractivity contribution in [1.29, 1.82) is 0 Å². The van der Waals surface area contributed by atoms with Crippen LogP contribution in [-0.2, 0) is 11.3 Å². The maximum Gasteiger partial charge on any atom is 0.290 e. The van der Waals surface area contributed by atoms with Crippen molar-refractivity contribution in [3.05, 3.63) is 16.0 Å². The Balaban J connectivity index is 2.26. The zero-order chi connectivity index (χ0) is 11.5. The minimum Gasteiger partial charge on any atom is -0.393 e. The molecule has 0 unspecified atom stereocenters. The molecule has 5 heteroatoms. The van der Waals surface area contributed by atoms with Crippen LogP contribution in [-0.4, -0.2) is 16.9 Å². The number of aromatic nitrogens is 2. The van der Waals surface area contributed by atoms with Crippen LogP contribution < -0.4 is 11.3 Å². The molecule has 0 aromatic carbocycles. The van der Waals surface area contributed by atoms with Gasteiger partial charge in [-0.15, -0.1) is 0 Å². The van der Waals surface area contributed by atoms with Gasteiger partial charge < -0.3 is 10.5 Å². The summed E-state index contributed by atoms with van der Waals surface area (Å²) < 4.78 is 6.68. The zero-order valence-electron chi connectivity index (χ0n) is 9.66. The fourth-order valence-corrected chi connectivity index (χ4v) is 2.37. The lowest BCUT2D eigenvalue weighted by atomic mass is 9.96. The molecule has 1 fully saturated rings. The molecule has 1 saturated carbocycles. The van der Waals surface area contributed by atoms with E-state index in [0.717, 1.165) is 12.8 Å². The summed E-state index contributed by atoms with van der Waals surface area (Å²) in [6, 6.07) is 0.286. The molecule has 16 heavy (non-hydrogen) atoms. The average molecular weight is 225 g/mol. The van der Waals surface area contributed by atoms with E-state index < -0.39 is 0 Å². The number of nitrogen functional groups attached to an aromatic ring is 1. The second-order valence-electron chi connectivity index (χ2n) is 4.40. The molecule has 5 nitrogen and oxygen atoms in total. The maximum atomic E-state index is 11.9. The molecule has 3 N–H and O–H groups in total. The molecule has 1 aliphatic carbocycles. The van der Waals surface area contributed by atoms with E-state index in [-0.39, 0.29) is 11.6 Å². The molecule has 1 aromatic heterocycles. The summed E-state index contributed by atoms with van der Waals surface area (Å²) in [6.07, 6.45) is 5.77. The first-order chi connectivity index (χ1) is 7.74. The van der Waals surface area contributed by atoms with Gasteiger partial charge in [0, 0.05) is 7.11 Å². The quantitative estimate of drug-likeness (QED) is 0.816. The Hall–Kier alpha value is -1.23. The third-order valence-corrected chi connectivity index (χ3v) is 3.26. The molecule has 0 amide bonds. The third-order valence-electron chi connectivity index (χ3n) is 3.26. The molecule has 90 valence electrons. The van der Waals surface area contributed by atoms with Crippen molar-refractivity contribution in [3.63, 3.8) is 0 Å². The van der Waals surface area contributed by atoms with E-state index in [1.54, 1.807) is 11.8 Å². The Labute approximate surface area is 94.6 Å². The van der Waals surface area contributed by atoms with E-state index in [1.807, 2.05) is 0 Å². The lowest BCUT2D eigenvalue weighted by Gasteiger charge is -2.21. The predicted molar refractivity (Wildman–Crippen MR) is 62.3 cm³/mol. The number of anilines is 1. The van der Waals surface area contributed by atoms with Gasteiger partial charge in [-0.1, -0.05) is 19.3 Å². The number of ether oxygens (including phenoxy) is 1. The number of H-pyrrole nitrogens is 1. The number of hydrogen-bond donors (Lipinski definition) is 2. The largest absolute Gasteiger partial charge is 0.393 e. The van der Waals surface area contributed by atoms with Gasteiger partial charge in [-0.2, -0.15) is 0 Å². The van der Waals surface area contributed by atoms with Crippen LogP contribution in [0.25, 0.3) is 0 Å². The summed E-state index contributed by atoms with van der Waals surface area (Å²) in [5, 5.41) is 3.07. The summed E-state index contributed by atoms with van der Waals surface area (Å²) in [7, 11) is 1.59. The second kappa shape index (κ2) is 4.74. The molecular formula is C11H19N3O2. The van der Waals surface area contributed by atoms with Crippen molar-refractivity contribution in [2.45, 2.75) is 44.8 Å². The van der Waals surface area contributed by atoms with Gasteiger partial charge in [0.1, 0.15) is 5.69 Å². The van der Waals surface area contributed by atoms with Crippen LogP contribution >= 0.6 is 0 Å². The number of hydrogen-bond acceptors (Lipinski definition) is 3. The lowest BCUT2D eigenvalue weighted by molar-refractivity contribution is 0.180. The minimum absolute atomic E-state index is 0.0982. The van der Waals surface area contributed by atoms with E-state index in [9.17, 15) is 4.79 Å². The first-order valence-corrected chi connectivity index (χ1v) is 5.82. The number of nitrogens with one attached hydrogen (secondary N) is 1. The summed E-state index contributed by atoms with van der Waals surface area (Å²) in [5.74, 6) is 0. The first kappa shape index (κ1) is 11.3. The van der Waals surface area contributed by atoms with Gasteiger partial charge in [-0.25, -0.2) is 4.68 Å². The molecule has 0 atom stereocenters. The van der Waals surface area contributed by atoms with Crippen molar-refractivity contribution in [2.24, 2.45) is 0 Å². The maximum absolute atomic E-state index is 11.9. The molecular weight excluding hydrogens is 206 g/mol. The van der Waals surface area contributed by atoms with Gasteiger partial charge in [-0.3, -0.25) is 9.89 Å². The van der Waals surface area contributed by atoms with Crippen LogP contribution in [0.3, 0.4) is 0 Å². The molecule has 0 bridgehead atoms. The van der Waals surface area contributed by atoms with Crippen molar-refractivity contribution in [2.75, 3.05) is 12.8 Å². The Morgan fingerprint density at radius 1 is 1.44 bits per heavy atom. The minimum atomic E-state index is -0.0982. The smallest absolute Gasteiger partial charge is 0.290 e. The van der Waals surface area contributed by atoms with Crippen LogP contribution in [0.4, 0.5) is 5.69 Å². The van der Waals surface area contributed by atoms with Crippen LogP contribution in [0.5, 0.6) is 0 Å². The van der Waals surface area contributed by atoms with E-state index in [2.05, 4.69) is 5.10 Å². The number of rotatable bonds is 3. The highest BCUT2D eigenvalue weighted by Gasteiger charge is 2.20. The molecule has 1 heterocycles. The fourth-order valence-electron chi connectivity index (χ4n) is 2.37. The van der Waals surface area contributed by atoms with Gasteiger partial charge in [0.2, 0.25) is 0 Å². The van der Waals surface area contributed by atoms with Gasteiger partial charge in [0.05, 0.1) is 18.3 Å².